The van der Waals surface area contributed by atoms with Gasteiger partial charge in [-0.1, -0.05) is 53.8 Å². The molecule has 1 heterocycles. The number of carbonyl (C=O) groups excluding carboxylic acids is 2. The fourth-order valence-corrected chi connectivity index (χ4v) is 3.21. The van der Waals surface area contributed by atoms with Gasteiger partial charge >= 0.3 is 5.97 Å². The Labute approximate surface area is 148 Å². The fourth-order valence-electron chi connectivity index (χ4n) is 1.96. The van der Waals surface area contributed by atoms with Gasteiger partial charge in [0.2, 0.25) is 5.91 Å². The van der Waals surface area contributed by atoms with Crippen molar-refractivity contribution < 1.29 is 19.5 Å². The Morgan fingerprint density at radius 2 is 2.00 bits per heavy atom. The number of hydrogen-bond donors (Lipinski definition) is 2. The Hall–Kier alpha value is -2.19. The highest BCUT2D eigenvalue weighted by atomic mass is 32.2. The SMILES string of the molecule is Cc1ccc(C=C2SC(=S)N(CC(=O)NCCC(=O)O)C2=O)cc1. The lowest BCUT2D eigenvalue weighted by Crippen LogP contribution is -2.40. The predicted octanol–water partition coefficient (Wildman–Crippen LogP) is 1.79. The lowest BCUT2D eigenvalue weighted by Gasteiger charge is -2.13. The van der Waals surface area contributed by atoms with E-state index in [-0.39, 0.29) is 25.4 Å². The van der Waals surface area contributed by atoms with E-state index in [4.69, 9.17) is 17.3 Å². The number of hydrogen-bond acceptors (Lipinski definition) is 5. The minimum absolute atomic E-state index is 0.0160. The van der Waals surface area contributed by atoms with Crippen molar-refractivity contribution in [2.45, 2.75) is 13.3 Å². The van der Waals surface area contributed by atoms with Crippen LogP contribution in [0.3, 0.4) is 0 Å². The second kappa shape index (κ2) is 8.07. The van der Waals surface area contributed by atoms with Gasteiger partial charge in [0.1, 0.15) is 10.9 Å². The van der Waals surface area contributed by atoms with Crippen molar-refractivity contribution in [2.24, 2.45) is 0 Å². The molecule has 0 aromatic heterocycles. The molecule has 0 aliphatic carbocycles. The number of carboxylic acids is 1. The number of nitrogens with one attached hydrogen (secondary N) is 1. The molecule has 0 radical (unpaired) electrons. The number of aliphatic carboxylic acids is 1. The van der Waals surface area contributed by atoms with E-state index >= 15 is 0 Å². The Balaban J connectivity index is 1.99. The second-order valence-electron chi connectivity index (χ2n) is 5.17. The maximum atomic E-state index is 12.4. The van der Waals surface area contributed by atoms with Crippen LogP contribution in [0.2, 0.25) is 0 Å². The van der Waals surface area contributed by atoms with Crippen molar-refractivity contribution >= 4 is 52.2 Å². The third-order valence-corrected chi connectivity index (χ3v) is 4.59. The largest absolute Gasteiger partial charge is 0.481 e. The van der Waals surface area contributed by atoms with Crippen LogP contribution in [0, 0.1) is 6.92 Å². The highest BCUT2D eigenvalue weighted by Gasteiger charge is 2.33. The van der Waals surface area contributed by atoms with E-state index in [1.165, 1.54) is 4.90 Å². The third kappa shape index (κ3) is 4.90. The number of rotatable bonds is 6. The van der Waals surface area contributed by atoms with Crippen molar-refractivity contribution in [3.8, 4) is 0 Å². The molecule has 8 heteroatoms. The summed E-state index contributed by atoms with van der Waals surface area (Å²) >= 11 is 6.30. The van der Waals surface area contributed by atoms with Crippen LogP contribution in [0.5, 0.6) is 0 Å². The highest BCUT2D eigenvalue weighted by Crippen LogP contribution is 2.32. The zero-order valence-corrected chi connectivity index (χ0v) is 14.6. The minimum Gasteiger partial charge on any atom is -0.481 e. The van der Waals surface area contributed by atoms with Gasteiger partial charge in [0.05, 0.1) is 11.3 Å². The van der Waals surface area contributed by atoms with E-state index < -0.39 is 11.9 Å². The summed E-state index contributed by atoms with van der Waals surface area (Å²) in [7, 11) is 0. The number of thiocarbonyl (C=S) groups is 1. The minimum atomic E-state index is -0.998. The molecule has 1 saturated heterocycles. The number of benzene rings is 1. The number of thioether (sulfide) groups is 1. The van der Waals surface area contributed by atoms with Crippen LogP contribution in [0.15, 0.2) is 29.2 Å². The van der Waals surface area contributed by atoms with E-state index in [2.05, 4.69) is 5.32 Å². The summed E-state index contributed by atoms with van der Waals surface area (Å²) < 4.78 is 0.312. The first kappa shape index (κ1) is 18.2. The Morgan fingerprint density at radius 1 is 1.33 bits per heavy atom. The zero-order chi connectivity index (χ0) is 17.7. The Morgan fingerprint density at radius 3 is 2.62 bits per heavy atom. The van der Waals surface area contributed by atoms with Crippen LogP contribution < -0.4 is 5.32 Å². The molecule has 1 aromatic carbocycles. The van der Waals surface area contributed by atoms with Gasteiger partial charge in [-0.25, -0.2) is 0 Å². The summed E-state index contributed by atoms with van der Waals surface area (Å²) in [6.45, 7) is 1.78. The molecule has 1 aliphatic rings. The number of amides is 2. The molecular formula is C16H16N2O4S2. The molecule has 24 heavy (non-hydrogen) atoms. The Bertz CT molecular complexity index is 713. The summed E-state index contributed by atoms with van der Waals surface area (Å²) in [5, 5.41) is 11.0. The van der Waals surface area contributed by atoms with E-state index in [1.807, 2.05) is 31.2 Å². The van der Waals surface area contributed by atoms with Crippen molar-refractivity contribution in [1.29, 1.82) is 0 Å². The van der Waals surface area contributed by atoms with Crippen molar-refractivity contribution in [1.82, 2.24) is 10.2 Å². The monoisotopic (exact) mass is 364 g/mol. The first-order valence-corrected chi connectivity index (χ1v) is 8.40. The van der Waals surface area contributed by atoms with Crippen LogP contribution in [0.4, 0.5) is 0 Å². The molecule has 0 saturated carbocycles. The zero-order valence-electron chi connectivity index (χ0n) is 12.9. The summed E-state index contributed by atoms with van der Waals surface area (Å²) in [5.74, 6) is -1.76. The average molecular weight is 364 g/mol. The average Bonchev–Trinajstić information content (AvgIpc) is 2.77. The van der Waals surface area contributed by atoms with Gasteiger partial charge in [0.15, 0.2) is 0 Å². The maximum Gasteiger partial charge on any atom is 0.305 e. The molecule has 1 aliphatic heterocycles. The van der Waals surface area contributed by atoms with Gasteiger partial charge < -0.3 is 10.4 Å². The predicted molar refractivity (Wildman–Crippen MR) is 96.3 cm³/mol. The molecular weight excluding hydrogens is 348 g/mol. The van der Waals surface area contributed by atoms with Gasteiger partial charge in [-0.05, 0) is 18.6 Å². The quantitative estimate of drug-likeness (QED) is 0.591. The summed E-state index contributed by atoms with van der Waals surface area (Å²) in [6.07, 6.45) is 1.57. The molecule has 0 unspecified atom stereocenters. The molecule has 2 N–H and O–H groups in total. The molecule has 1 fully saturated rings. The van der Waals surface area contributed by atoms with E-state index in [9.17, 15) is 14.4 Å². The summed E-state index contributed by atoms with van der Waals surface area (Å²) in [4.78, 5) is 36.3. The Kier molecular flexibility index (Phi) is 6.10. The van der Waals surface area contributed by atoms with Crippen LogP contribution in [-0.4, -0.2) is 45.2 Å². The molecule has 2 rings (SSSR count). The topological polar surface area (TPSA) is 86.7 Å². The van der Waals surface area contributed by atoms with E-state index in [0.717, 1.165) is 22.9 Å². The summed E-state index contributed by atoms with van der Waals surface area (Å²) in [6, 6.07) is 7.70. The number of carbonyl (C=O) groups is 3. The van der Waals surface area contributed by atoms with Gasteiger partial charge in [-0.3, -0.25) is 19.3 Å². The molecule has 0 spiro atoms. The third-order valence-electron chi connectivity index (χ3n) is 3.21. The van der Waals surface area contributed by atoms with Gasteiger partial charge in [0, 0.05) is 6.54 Å². The van der Waals surface area contributed by atoms with E-state index in [0.29, 0.717) is 9.23 Å². The molecule has 0 bridgehead atoms. The van der Waals surface area contributed by atoms with Crippen LogP contribution in [0.1, 0.15) is 17.5 Å². The number of carboxylic acid groups (broad SMARTS) is 1. The van der Waals surface area contributed by atoms with Crippen molar-refractivity contribution in [2.75, 3.05) is 13.1 Å². The van der Waals surface area contributed by atoms with Crippen LogP contribution in [-0.2, 0) is 14.4 Å². The number of aryl methyl sites for hydroxylation is 1. The maximum absolute atomic E-state index is 12.4. The lowest BCUT2D eigenvalue weighted by molar-refractivity contribution is -0.137. The normalized spacial score (nSPS) is 15.9. The van der Waals surface area contributed by atoms with Gasteiger partial charge in [-0.2, -0.15) is 0 Å². The first-order valence-electron chi connectivity index (χ1n) is 7.17. The molecule has 0 atom stereocenters. The molecule has 2 amide bonds. The van der Waals surface area contributed by atoms with Crippen LogP contribution >= 0.6 is 24.0 Å². The van der Waals surface area contributed by atoms with Gasteiger partial charge in [0.25, 0.3) is 5.91 Å². The number of nitrogens with zero attached hydrogens (tertiary/aromatic N) is 1. The van der Waals surface area contributed by atoms with Crippen LogP contribution in [0.25, 0.3) is 6.08 Å². The summed E-state index contributed by atoms with van der Waals surface area (Å²) in [5.41, 5.74) is 2.00. The first-order chi connectivity index (χ1) is 11.4. The van der Waals surface area contributed by atoms with Gasteiger partial charge in [-0.15, -0.1) is 0 Å². The molecule has 126 valence electrons. The lowest BCUT2D eigenvalue weighted by atomic mass is 10.1. The smallest absolute Gasteiger partial charge is 0.305 e. The highest BCUT2D eigenvalue weighted by molar-refractivity contribution is 8.26. The molecule has 6 nitrogen and oxygen atoms in total. The molecule has 1 aromatic rings. The van der Waals surface area contributed by atoms with Crippen molar-refractivity contribution in [3.63, 3.8) is 0 Å². The second-order valence-corrected chi connectivity index (χ2v) is 6.85. The van der Waals surface area contributed by atoms with E-state index in [1.54, 1.807) is 6.08 Å². The fraction of sp³-hybridized carbons (Fsp3) is 0.250. The van der Waals surface area contributed by atoms with Crippen molar-refractivity contribution in [3.05, 3.63) is 40.3 Å². The standard InChI is InChI=1S/C16H16N2O4S2/c1-10-2-4-11(5-3-10)8-12-15(22)18(16(23)24-12)9-13(19)17-7-6-14(20)21/h2-5,8H,6-7,9H2,1H3,(H,17,19)(H,20,21).